The summed E-state index contributed by atoms with van der Waals surface area (Å²) in [7, 11) is -3.62. The van der Waals surface area contributed by atoms with Gasteiger partial charge in [-0.05, 0) is 18.6 Å². The van der Waals surface area contributed by atoms with Gasteiger partial charge in [0.25, 0.3) is 5.89 Å². The third-order valence-corrected chi connectivity index (χ3v) is 4.69. The lowest BCUT2D eigenvalue weighted by atomic mass is 10.2. The van der Waals surface area contributed by atoms with Crippen molar-refractivity contribution in [3.05, 3.63) is 53.5 Å². The molecule has 23 heavy (non-hydrogen) atoms. The summed E-state index contributed by atoms with van der Waals surface area (Å²) >= 11 is 0. The molecule has 3 aromatic rings. The maximum absolute atomic E-state index is 12.3. The van der Waals surface area contributed by atoms with E-state index in [-0.39, 0.29) is 17.3 Å². The van der Waals surface area contributed by atoms with Crippen LogP contribution in [0, 0.1) is 13.8 Å². The molecule has 0 fully saturated rings. The second-order valence-electron chi connectivity index (χ2n) is 5.19. The number of hydrogen-bond acceptors (Lipinski definition) is 5. The van der Waals surface area contributed by atoms with Gasteiger partial charge < -0.3 is 9.40 Å². The molecule has 0 aliphatic rings. The fourth-order valence-corrected chi connectivity index (χ4v) is 3.04. The van der Waals surface area contributed by atoms with Gasteiger partial charge in [0.1, 0.15) is 10.6 Å². The van der Waals surface area contributed by atoms with E-state index in [0.717, 1.165) is 11.1 Å². The van der Waals surface area contributed by atoms with E-state index in [4.69, 9.17) is 4.42 Å². The quantitative estimate of drug-likeness (QED) is 0.745. The fraction of sp³-hybridized carbons (Fsp3) is 0.200. The molecule has 0 spiro atoms. The minimum atomic E-state index is -3.62. The maximum Gasteiger partial charge on any atom is 0.264 e. The van der Waals surface area contributed by atoms with Crippen molar-refractivity contribution in [3.63, 3.8) is 0 Å². The second-order valence-corrected chi connectivity index (χ2v) is 6.95. The number of sulfonamides is 1. The largest absolute Gasteiger partial charge is 0.420 e. The van der Waals surface area contributed by atoms with E-state index in [1.807, 2.05) is 31.2 Å². The van der Waals surface area contributed by atoms with Crippen LogP contribution in [0.3, 0.4) is 0 Å². The molecule has 1 aromatic carbocycles. The molecule has 0 aliphatic heterocycles. The van der Waals surface area contributed by atoms with Gasteiger partial charge in [-0.2, -0.15) is 0 Å². The molecule has 2 N–H and O–H groups in total. The lowest BCUT2D eigenvalue weighted by Gasteiger charge is -2.05. The average molecular weight is 332 g/mol. The molecule has 0 saturated heterocycles. The van der Waals surface area contributed by atoms with E-state index in [9.17, 15) is 8.42 Å². The van der Waals surface area contributed by atoms with Crippen LogP contribution in [0.25, 0.3) is 11.6 Å². The highest BCUT2D eigenvalue weighted by Crippen LogP contribution is 2.20. The van der Waals surface area contributed by atoms with Crippen molar-refractivity contribution >= 4 is 10.0 Å². The Labute approximate surface area is 133 Å². The SMILES string of the molecule is Cc1ccc(CNS(=O)(=O)c2c[nH]c(-c3nnc(C)o3)c2)cc1. The number of hydrogen-bond donors (Lipinski definition) is 2. The summed E-state index contributed by atoms with van der Waals surface area (Å²) in [6.45, 7) is 3.87. The van der Waals surface area contributed by atoms with Gasteiger partial charge in [0.2, 0.25) is 15.9 Å². The molecule has 120 valence electrons. The van der Waals surface area contributed by atoms with Crippen LogP contribution < -0.4 is 4.72 Å². The van der Waals surface area contributed by atoms with Gasteiger partial charge in [0.15, 0.2) is 0 Å². The predicted molar refractivity (Wildman–Crippen MR) is 84.0 cm³/mol. The minimum Gasteiger partial charge on any atom is -0.420 e. The molecular formula is C15H16N4O3S. The molecule has 2 aromatic heterocycles. The zero-order chi connectivity index (χ0) is 16.4. The highest BCUT2D eigenvalue weighted by molar-refractivity contribution is 7.89. The summed E-state index contributed by atoms with van der Waals surface area (Å²) in [5.74, 6) is 0.666. The third-order valence-electron chi connectivity index (χ3n) is 3.31. The number of aromatic nitrogens is 3. The number of nitrogens with one attached hydrogen (secondary N) is 2. The van der Waals surface area contributed by atoms with Crippen LogP contribution in [0.5, 0.6) is 0 Å². The highest BCUT2D eigenvalue weighted by atomic mass is 32.2. The van der Waals surface area contributed by atoms with Crippen molar-refractivity contribution in [2.75, 3.05) is 0 Å². The van der Waals surface area contributed by atoms with E-state index >= 15 is 0 Å². The summed E-state index contributed by atoms with van der Waals surface area (Å²) in [5.41, 5.74) is 2.48. The molecule has 0 amide bonds. The first kappa shape index (κ1) is 15.4. The van der Waals surface area contributed by atoms with Gasteiger partial charge in [-0.25, -0.2) is 13.1 Å². The molecule has 0 aliphatic carbocycles. The summed E-state index contributed by atoms with van der Waals surface area (Å²) < 4.78 is 32.5. The number of rotatable bonds is 5. The lowest BCUT2D eigenvalue weighted by Crippen LogP contribution is -2.22. The summed E-state index contributed by atoms with van der Waals surface area (Å²) in [6.07, 6.45) is 1.40. The van der Waals surface area contributed by atoms with Crippen molar-refractivity contribution in [3.8, 4) is 11.6 Å². The molecule has 7 nitrogen and oxygen atoms in total. The molecular weight excluding hydrogens is 316 g/mol. The van der Waals surface area contributed by atoms with Crippen molar-refractivity contribution in [2.24, 2.45) is 0 Å². The summed E-state index contributed by atoms with van der Waals surface area (Å²) in [5, 5.41) is 7.57. The monoisotopic (exact) mass is 332 g/mol. The smallest absolute Gasteiger partial charge is 0.264 e. The lowest BCUT2D eigenvalue weighted by molar-refractivity contribution is 0.531. The Morgan fingerprint density at radius 1 is 1.17 bits per heavy atom. The van der Waals surface area contributed by atoms with Crippen molar-refractivity contribution in [1.82, 2.24) is 19.9 Å². The van der Waals surface area contributed by atoms with E-state index < -0.39 is 10.0 Å². The average Bonchev–Trinajstić information content (AvgIpc) is 3.16. The first-order chi connectivity index (χ1) is 10.9. The first-order valence-electron chi connectivity index (χ1n) is 6.98. The van der Waals surface area contributed by atoms with E-state index in [1.54, 1.807) is 6.92 Å². The van der Waals surface area contributed by atoms with Crippen molar-refractivity contribution in [2.45, 2.75) is 25.3 Å². The highest BCUT2D eigenvalue weighted by Gasteiger charge is 2.18. The van der Waals surface area contributed by atoms with E-state index in [1.165, 1.54) is 12.3 Å². The molecule has 3 rings (SSSR count). The van der Waals surface area contributed by atoms with Gasteiger partial charge >= 0.3 is 0 Å². The Kier molecular flexibility index (Phi) is 4.01. The van der Waals surface area contributed by atoms with Crippen LogP contribution in [0.15, 0.2) is 45.8 Å². The molecule has 8 heteroatoms. The number of aromatic amines is 1. The van der Waals surface area contributed by atoms with Gasteiger partial charge in [-0.1, -0.05) is 29.8 Å². The van der Waals surface area contributed by atoms with Crippen LogP contribution in [0.1, 0.15) is 17.0 Å². The van der Waals surface area contributed by atoms with Crippen LogP contribution in [0.2, 0.25) is 0 Å². The molecule has 0 unspecified atom stereocenters. The normalized spacial score (nSPS) is 11.7. The van der Waals surface area contributed by atoms with Crippen LogP contribution in [-0.2, 0) is 16.6 Å². The summed E-state index contributed by atoms with van der Waals surface area (Å²) in [4.78, 5) is 2.95. The Morgan fingerprint density at radius 3 is 2.57 bits per heavy atom. The van der Waals surface area contributed by atoms with Gasteiger partial charge in [-0.15, -0.1) is 10.2 Å². The van der Waals surface area contributed by atoms with Crippen LogP contribution >= 0.6 is 0 Å². The number of benzene rings is 1. The van der Waals surface area contributed by atoms with Crippen LogP contribution in [0.4, 0.5) is 0 Å². The zero-order valence-corrected chi connectivity index (χ0v) is 13.5. The fourth-order valence-electron chi connectivity index (χ4n) is 2.03. The Morgan fingerprint density at radius 2 is 1.91 bits per heavy atom. The third kappa shape index (κ3) is 3.49. The maximum atomic E-state index is 12.3. The van der Waals surface area contributed by atoms with Gasteiger partial charge in [-0.3, -0.25) is 0 Å². The Bertz CT molecular complexity index is 910. The number of H-pyrrole nitrogens is 1. The van der Waals surface area contributed by atoms with Crippen molar-refractivity contribution < 1.29 is 12.8 Å². The second kappa shape index (κ2) is 5.98. The molecule has 0 bridgehead atoms. The molecule has 0 saturated carbocycles. The Hall–Kier alpha value is -2.45. The minimum absolute atomic E-state index is 0.121. The first-order valence-corrected chi connectivity index (χ1v) is 8.46. The molecule has 2 heterocycles. The zero-order valence-electron chi connectivity index (χ0n) is 12.7. The number of nitrogens with zero attached hydrogens (tertiary/aromatic N) is 2. The van der Waals surface area contributed by atoms with E-state index in [2.05, 4.69) is 19.9 Å². The predicted octanol–water partition coefficient (Wildman–Crippen LogP) is 2.16. The topological polar surface area (TPSA) is 101 Å². The van der Waals surface area contributed by atoms with Crippen molar-refractivity contribution in [1.29, 1.82) is 0 Å². The van der Waals surface area contributed by atoms with Gasteiger partial charge in [0, 0.05) is 19.7 Å². The van der Waals surface area contributed by atoms with Gasteiger partial charge in [0.05, 0.1) is 0 Å². The number of aryl methyl sites for hydroxylation is 2. The standard InChI is InChI=1S/C15H16N4O3S/c1-10-3-5-12(6-4-10)8-17-23(20,21)13-7-14(16-9-13)15-19-18-11(2)22-15/h3-7,9,16-17H,8H2,1-2H3. The summed E-state index contributed by atoms with van der Waals surface area (Å²) in [6, 6.07) is 9.12. The van der Waals surface area contributed by atoms with E-state index in [0.29, 0.717) is 11.6 Å². The molecule has 0 atom stereocenters. The van der Waals surface area contributed by atoms with Crippen LogP contribution in [-0.4, -0.2) is 23.6 Å². The Balaban J connectivity index is 1.75. The molecule has 0 radical (unpaired) electrons.